The molecule has 0 saturated carbocycles. The number of thioether (sulfide) groups is 1. The van der Waals surface area contributed by atoms with Crippen LogP contribution in [0.3, 0.4) is 0 Å². The Morgan fingerprint density at radius 3 is 2.64 bits per heavy atom. The molecule has 0 fully saturated rings. The van der Waals surface area contributed by atoms with E-state index in [4.69, 9.17) is 5.73 Å². The lowest BCUT2D eigenvalue weighted by Crippen LogP contribution is -2.08. The third-order valence-corrected chi connectivity index (χ3v) is 6.09. The molecule has 0 saturated heterocycles. The van der Waals surface area contributed by atoms with Crippen LogP contribution in [-0.2, 0) is 12.7 Å². The van der Waals surface area contributed by atoms with E-state index in [1.807, 2.05) is 0 Å². The average molecular weight is 426 g/mol. The number of ketones is 1. The fourth-order valence-electron chi connectivity index (χ4n) is 2.62. The number of benzene rings is 1. The van der Waals surface area contributed by atoms with Gasteiger partial charge in [0.1, 0.15) is 10.9 Å². The van der Waals surface area contributed by atoms with Gasteiger partial charge in [0.15, 0.2) is 5.78 Å². The first-order valence-corrected chi connectivity index (χ1v) is 10.0. The molecule has 28 heavy (non-hydrogen) atoms. The Hall–Kier alpha value is -2.17. The van der Waals surface area contributed by atoms with Gasteiger partial charge in [0.05, 0.1) is 27.4 Å². The van der Waals surface area contributed by atoms with Gasteiger partial charge in [-0.05, 0) is 31.2 Å². The van der Waals surface area contributed by atoms with Crippen molar-refractivity contribution in [1.82, 2.24) is 9.97 Å². The van der Waals surface area contributed by atoms with Gasteiger partial charge in [-0.2, -0.15) is 13.2 Å². The Morgan fingerprint density at radius 2 is 2.04 bits per heavy atom. The van der Waals surface area contributed by atoms with Gasteiger partial charge in [-0.1, -0.05) is 11.8 Å². The highest BCUT2D eigenvalue weighted by Crippen LogP contribution is 2.37. The minimum absolute atomic E-state index is 0.0568. The van der Waals surface area contributed by atoms with Gasteiger partial charge in [0.2, 0.25) is 0 Å². The largest absolute Gasteiger partial charge is 0.416 e. The highest BCUT2D eigenvalue weighted by molar-refractivity contribution is 8.00. The van der Waals surface area contributed by atoms with Crippen molar-refractivity contribution in [2.45, 2.75) is 24.7 Å². The molecule has 10 heteroatoms. The van der Waals surface area contributed by atoms with E-state index in [-0.39, 0.29) is 22.6 Å². The monoisotopic (exact) mass is 426 g/mol. The van der Waals surface area contributed by atoms with E-state index in [1.165, 1.54) is 18.4 Å². The summed E-state index contributed by atoms with van der Waals surface area (Å²) < 4.78 is 39.8. The number of fused-ring (bicyclic) bond motifs is 1. The number of rotatable bonds is 6. The summed E-state index contributed by atoms with van der Waals surface area (Å²) in [5, 5.41) is 3.36. The van der Waals surface area contributed by atoms with Gasteiger partial charge in [-0.25, -0.2) is 9.97 Å². The second-order valence-corrected chi connectivity index (χ2v) is 8.06. The molecule has 0 atom stereocenters. The maximum absolute atomic E-state index is 13.3. The molecule has 0 aliphatic carbocycles. The number of thiophene rings is 1. The lowest BCUT2D eigenvalue weighted by atomic mass is 10.1. The lowest BCUT2D eigenvalue weighted by molar-refractivity contribution is -0.137. The van der Waals surface area contributed by atoms with E-state index in [0.29, 0.717) is 27.8 Å². The molecule has 2 aromatic heterocycles. The van der Waals surface area contributed by atoms with Crippen LogP contribution in [0.2, 0.25) is 0 Å². The van der Waals surface area contributed by atoms with Gasteiger partial charge in [-0.3, -0.25) is 4.79 Å². The number of hydrogen-bond acceptors (Lipinski definition) is 7. The molecule has 0 radical (unpaired) electrons. The number of aryl methyl sites for hydroxylation is 1. The Kier molecular flexibility index (Phi) is 5.92. The Labute approximate surface area is 167 Å². The van der Waals surface area contributed by atoms with Crippen LogP contribution in [-0.4, -0.2) is 28.6 Å². The lowest BCUT2D eigenvalue weighted by Gasteiger charge is -2.14. The van der Waals surface area contributed by atoms with Crippen LogP contribution in [0.25, 0.3) is 10.9 Å². The number of nitrogens with one attached hydrogen (secondary N) is 1. The summed E-state index contributed by atoms with van der Waals surface area (Å²) in [6, 6.07) is 5.55. The quantitative estimate of drug-likeness (QED) is 0.343. The third kappa shape index (κ3) is 4.29. The van der Waals surface area contributed by atoms with Crippen LogP contribution in [0.1, 0.15) is 25.9 Å². The standard InChI is InChI=1S/C18H17F3N4OS2/c1-9-24-16-12(5-10(18(19,20)21)6-13(16)23-2)17(25-9)27-8-14(26)15-4-3-11(7-22)28-15/h3-6,23H,7-8,22H2,1-2H3. The number of nitrogens with two attached hydrogens (primary N) is 1. The summed E-state index contributed by atoms with van der Waals surface area (Å²) in [5.41, 5.74) is 5.41. The van der Waals surface area contributed by atoms with Crippen LogP contribution in [0.15, 0.2) is 29.3 Å². The summed E-state index contributed by atoms with van der Waals surface area (Å²) in [4.78, 5) is 22.4. The Morgan fingerprint density at radius 1 is 1.29 bits per heavy atom. The SMILES string of the molecule is CNc1cc(C(F)(F)F)cc2c(SCC(=O)c3ccc(CN)s3)nc(C)nc12. The molecule has 0 amide bonds. The Balaban J connectivity index is 1.98. The van der Waals surface area contributed by atoms with Crippen LogP contribution in [0.4, 0.5) is 18.9 Å². The zero-order valence-corrected chi connectivity index (χ0v) is 16.7. The van der Waals surface area contributed by atoms with Crippen LogP contribution in [0, 0.1) is 6.92 Å². The average Bonchev–Trinajstić information content (AvgIpc) is 3.13. The molecule has 148 valence electrons. The highest BCUT2D eigenvalue weighted by Gasteiger charge is 2.32. The van der Waals surface area contributed by atoms with Crippen molar-refractivity contribution in [3.63, 3.8) is 0 Å². The number of alkyl halides is 3. The first-order valence-electron chi connectivity index (χ1n) is 8.25. The van der Waals surface area contributed by atoms with Crippen molar-refractivity contribution in [1.29, 1.82) is 0 Å². The summed E-state index contributed by atoms with van der Waals surface area (Å²) in [5.74, 6) is 0.349. The van der Waals surface area contributed by atoms with Crippen LogP contribution < -0.4 is 11.1 Å². The predicted octanol–water partition coefficient (Wildman–Crippen LogP) is 4.49. The number of aromatic nitrogens is 2. The third-order valence-electron chi connectivity index (χ3n) is 3.95. The number of hydrogen-bond donors (Lipinski definition) is 2. The summed E-state index contributed by atoms with van der Waals surface area (Å²) in [6.45, 7) is 2.02. The second kappa shape index (κ2) is 8.06. The molecule has 2 heterocycles. The summed E-state index contributed by atoms with van der Waals surface area (Å²) in [7, 11) is 1.54. The van der Waals surface area contributed by atoms with E-state index in [2.05, 4.69) is 15.3 Å². The maximum atomic E-state index is 13.3. The van der Waals surface area contributed by atoms with E-state index >= 15 is 0 Å². The van der Waals surface area contributed by atoms with E-state index in [0.717, 1.165) is 28.8 Å². The molecule has 0 spiro atoms. The molecule has 1 aromatic carbocycles. The van der Waals surface area contributed by atoms with Crippen molar-refractivity contribution in [2.24, 2.45) is 5.73 Å². The first-order chi connectivity index (χ1) is 13.2. The normalized spacial score (nSPS) is 11.8. The molecular weight excluding hydrogens is 409 g/mol. The van der Waals surface area contributed by atoms with Crippen molar-refractivity contribution in [3.8, 4) is 0 Å². The first kappa shape index (κ1) is 20.6. The van der Waals surface area contributed by atoms with Crippen molar-refractivity contribution < 1.29 is 18.0 Å². The number of Topliss-reactive ketones (excluding diaryl/α,β-unsaturated/α-hetero) is 1. The zero-order valence-electron chi connectivity index (χ0n) is 15.1. The smallest absolute Gasteiger partial charge is 0.386 e. The minimum atomic E-state index is -4.50. The van der Waals surface area contributed by atoms with Gasteiger partial charge >= 0.3 is 6.18 Å². The van der Waals surface area contributed by atoms with Crippen molar-refractivity contribution >= 4 is 45.5 Å². The minimum Gasteiger partial charge on any atom is -0.386 e. The molecule has 5 nitrogen and oxygen atoms in total. The Bertz CT molecular complexity index is 1030. The number of halogens is 3. The summed E-state index contributed by atoms with van der Waals surface area (Å²) >= 11 is 2.42. The van der Waals surface area contributed by atoms with E-state index in [1.54, 1.807) is 19.1 Å². The molecular formula is C18H17F3N4OS2. The van der Waals surface area contributed by atoms with E-state index in [9.17, 15) is 18.0 Å². The van der Waals surface area contributed by atoms with Gasteiger partial charge in [-0.15, -0.1) is 11.3 Å². The van der Waals surface area contributed by atoms with Crippen molar-refractivity contribution in [3.05, 3.63) is 45.4 Å². The van der Waals surface area contributed by atoms with Gasteiger partial charge < -0.3 is 11.1 Å². The van der Waals surface area contributed by atoms with Gasteiger partial charge in [0.25, 0.3) is 0 Å². The van der Waals surface area contributed by atoms with Crippen LogP contribution >= 0.6 is 23.1 Å². The number of anilines is 1. The highest BCUT2D eigenvalue weighted by atomic mass is 32.2. The summed E-state index contributed by atoms with van der Waals surface area (Å²) in [6.07, 6.45) is -4.50. The fourth-order valence-corrected chi connectivity index (χ4v) is 4.47. The second-order valence-electron chi connectivity index (χ2n) is 5.93. The van der Waals surface area contributed by atoms with Gasteiger partial charge in [0, 0.05) is 23.9 Å². The maximum Gasteiger partial charge on any atom is 0.416 e. The molecule has 0 unspecified atom stereocenters. The number of carbonyl (C=O) groups is 1. The predicted molar refractivity (Wildman–Crippen MR) is 106 cm³/mol. The topological polar surface area (TPSA) is 80.9 Å². The van der Waals surface area contributed by atoms with Crippen LogP contribution in [0.5, 0.6) is 0 Å². The molecule has 3 aromatic rings. The molecule has 3 N–H and O–H groups in total. The molecule has 0 aliphatic heterocycles. The molecule has 0 bridgehead atoms. The zero-order chi connectivity index (χ0) is 20.5. The van der Waals surface area contributed by atoms with Crippen molar-refractivity contribution in [2.75, 3.05) is 18.1 Å². The fraction of sp³-hybridized carbons (Fsp3) is 0.278. The molecule has 3 rings (SSSR count). The molecule has 0 aliphatic rings. The van der Waals surface area contributed by atoms with E-state index < -0.39 is 11.7 Å². The number of nitrogens with zero attached hydrogens (tertiary/aromatic N) is 2. The number of carbonyl (C=O) groups excluding carboxylic acids is 1.